The number of nitrogens with one attached hydrogen (secondary N) is 1. The average Bonchev–Trinajstić information content (AvgIpc) is 2.41. The van der Waals surface area contributed by atoms with Gasteiger partial charge in [-0.3, -0.25) is 4.79 Å². The predicted octanol–water partition coefficient (Wildman–Crippen LogP) is 1.34. The fourth-order valence-corrected chi connectivity index (χ4v) is 2.02. The molecule has 0 bridgehead atoms. The first-order valence-corrected chi connectivity index (χ1v) is 5.79. The van der Waals surface area contributed by atoms with Crippen LogP contribution in [0.5, 0.6) is 0 Å². The van der Waals surface area contributed by atoms with Gasteiger partial charge in [-0.25, -0.2) is 4.39 Å². The first-order valence-electron chi connectivity index (χ1n) is 5.79. The van der Waals surface area contributed by atoms with Gasteiger partial charge in [0.05, 0.1) is 0 Å². The van der Waals surface area contributed by atoms with E-state index in [1.807, 2.05) is 6.92 Å². The summed E-state index contributed by atoms with van der Waals surface area (Å²) in [5, 5.41) is 3.14. The molecule has 1 saturated heterocycles. The molecular weight excluding hydrogens is 195 g/mol. The zero-order valence-corrected chi connectivity index (χ0v) is 9.47. The average molecular weight is 216 g/mol. The van der Waals surface area contributed by atoms with E-state index in [2.05, 4.69) is 5.32 Å². The Morgan fingerprint density at radius 2 is 2.27 bits per heavy atom. The minimum Gasteiger partial charge on any atom is -0.345 e. The van der Waals surface area contributed by atoms with E-state index in [1.165, 1.54) is 0 Å². The standard InChI is InChI=1S/C11H21FN2O/c1-2-13-7-5-11(12)4-3-8-14(10-15)9-6-11/h10,13H,2-9H2,1H3. The van der Waals surface area contributed by atoms with E-state index in [-0.39, 0.29) is 0 Å². The third kappa shape index (κ3) is 4.16. The van der Waals surface area contributed by atoms with Gasteiger partial charge < -0.3 is 10.2 Å². The van der Waals surface area contributed by atoms with Crippen LogP contribution in [-0.4, -0.2) is 43.2 Å². The number of amides is 1. The van der Waals surface area contributed by atoms with Crippen molar-refractivity contribution in [1.82, 2.24) is 10.2 Å². The summed E-state index contributed by atoms with van der Waals surface area (Å²) < 4.78 is 14.3. The Morgan fingerprint density at radius 3 is 2.93 bits per heavy atom. The largest absolute Gasteiger partial charge is 0.345 e. The molecule has 1 unspecified atom stereocenters. The molecule has 0 aromatic carbocycles. The lowest BCUT2D eigenvalue weighted by atomic mass is 9.93. The summed E-state index contributed by atoms with van der Waals surface area (Å²) in [5.74, 6) is 0. The van der Waals surface area contributed by atoms with E-state index in [9.17, 15) is 9.18 Å². The van der Waals surface area contributed by atoms with Crippen molar-refractivity contribution < 1.29 is 9.18 Å². The molecule has 1 aliphatic rings. The summed E-state index contributed by atoms with van der Waals surface area (Å²) in [5.41, 5.74) is -1.07. The van der Waals surface area contributed by atoms with Crippen LogP contribution in [0.4, 0.5) is 4.39 Å². The van der Waals surface area contributed by atoms with Crippen molar-refractivity contribution in [3.63, 3.8) is 0 Å². The molecule has 0 aromatic rings. The van der Waals surface area contributed by atoms with E-state index in [0.717, 1.165) is 25.9 Å². The number of hydrogen-bond donors (Lipinski definition) is 1. The molecule has 1 fully saturated rings. The molecule has 1 aliphatic heterocycles. The molecule has 3 nitrogen and oxygen atoms in total. The second kappa shape index (κ2) is 6.05. The lowest BCUT2D eigenvalue weighted by Gasteiger charge is -2.23. The van der Waals surface area contributed by atoms with Crippen LogP contribution in [-0.2, 0) is 4.79 Å². The summed E-state index contributed by atoms with van der Waals surface area (Å²) in [6, 6.07) is 0. The molecule has 1 N–H and O–H groups in total. The molecule has 0 radical (unpaired) electrons. The molecule has 1 rings (SSSR count). The number of halogens is 1. The first-order chi connectivity index (χ1) is 7.20. The Bertz CT molecular complexity index is 201. The summed E-state index contributed by atoms with van der Waals surface area (Å²) in [6.45, 7) is 4.90. The normalized spacial score (nSPS) is 27.5. The molecule has 0 spiro atoms. The van der Waals surface area contributed by atoms with Crippen LogP contribution >= 0.6 is 0 Å². The number of hydrogen-bond acceptors (Lipinski definition) is 2. The Labute approximate surface area is 91.0 Å². The molecule has 1 atom stereocenters. The van der Waals surface area contributed by atoms with Crippen LogP contribution in [0, 0.1) is 0 Å². The van der Waals surface area contributed by atoms with Crippen molar-refractivity contribution in [2.75, 3.05) is 26.2 Å². The second-order valence-electron chi connectivity index (χ2n) is 4.25. The quantitative estimate of drug-likeness (QED) is 0.555. The molecular formula is C11H21FN2O. The van der Waals surface area contributed by atoms with Gasteiger partial charge in [0.15, 0.2) is 0 Å². The molecule has 1 heterocycles. The summed E-state index contributed by atoms with van der Waals surface area (Å²) in [6.07, 6.45) is 3.24. The maximum absolute atomic E-state index is 14.3. The third-order valence-corrected chi connectivity index (χ3v) is 3.07. The number of carbonyl (C=O) groups excluding carboxylic acids is 1. The number of alkyl halides is 1. The van der Waals surface area contributed by atoms with E-state index < -0.39 is 5.67 Å². The van der Waals surface area contributed by atoms with Gasteiger partial charge in [-0.1, -0.05) is 6.92 Å². The van der Waals surface area contributed by atoms with Crippen molar-refractivity contribution in [1.29, 1.82) is 0 Å². The second-order valence-corrected chi connectivity index (χ2v) is 4.25. The van der Waals surface area contributed by atoms with Crippen molar-refractivity contribution in [2.24, 2.45) is 0 Å². The predicted molar refractivity (Wildman–Crippen MR) is 58.5 cm³/mol. The van der Waals surface area contributed by atoms with Crippen LogP contribution in [0.1, 0.15) is 32.6 Å². The van der Waals surface area contributed by atoms with Gasteiger partial charge in [0.2, 0.25) is 6.41 Å². The number of nitrogens with zero attached hydrogens (tertiary/aromatic N) is 1. The highest BCUT2D eigenvalue weighted by Gasteiger charge is 2.31. The van der Waals surface area contributed by atoms with Gasteiger partial charge in [-0.2, -0.15) is 0 Å². The Hall–Kier alpha value is -0.640. The SMILES string of the molecule is CCNCCC1(F)CCCN(C=O)CC1. The monoisotopic (exact) mass is 216 g/mol. The maximum atomic E-state index is 14.3. The Kier molecular flexibility index (Phi) is 5.02. The zero-order chi connectivity index (χ0) is 11.1. The summed E-state index contributed by atoms with van der Waals surface area (Å²) in [4.78, 5) is 12.3. The van der Waals surface area contributed by atoms with E-state index in [1.54, 1.807) is 4.90 Å². The molecule has 0 saturated carbocycles. The highest BCUT2D eigenvalue weighted by atomic mass is 19.1. The fourth-order valence-electron chi connectivity index (χ4n) is 2.02. The number of likely N-dealkylation sites (tertiary alicyclic amines) is 1. The van der Waals surface area contributed by atoms with Crippen LogP contribution in [0.25, 0.3) is 0 Å². The first kappa shape index (κ1) is 12.4. The van der Waals surface area contributed by atoms with Gasteiger partial charge in [0, 0.05) is 13.1 Å². The smallest absolute Gasteiger partial charge is 0.209 e. The van der Waals surface area contributed by atoms with Crippen LogP contribution in [0.3, 0.4) is 0 Å². The van der Waals surface area contributed by atoms with Gasteiger partial charge in [-0.15, -0.1) is 0 Å². The Morgan fingerprint density at radius 1 is 1.47 bits per heavy atom. The van der Waals surface area contributed by atoms with Crippen molar-refractivity contribution in [3.05, 3.63) is 0 Å². The van der Waals surface area contributed by atoms with E-state index >= 15 is 0 Å². The van der Waals surface area contributed by atoms with E-state index in [0.29, 0.717) is 32.4 Å². The fraction of sp³-hybridized carbons (Fsp3) is 0.909. The van der Waals surface area contributed by atoms with Crippen molar-refractivity contribution in [2.45, 2.75) is 38.3 Å². The molecule has 4 heteroatoms. The molecule has 1 amide bonds. The van der Waals surface area contributed by atoms with Gasteiger partial charge in [-0.05, 0) is 38.8 Å². The highest BCUT2D eigenvalue weighted by Crippen LogP contribution is 2.29. The van der Waals surface area contributed by atoms with E-state index in [4.69, 9.17) is 0 Å². The maximum Gasteiger partial charge on any atom is 0.209 e. The zero-order valence-electron chi connectivity index (χ0n) is 9.47. The summed E-state index contributed by atoms with van der Waals surface area (Å²) in [7, 11) is 0. The molecule has 0 aliphatic carbocycles. The third-order valence-electron chi connectivity index (χ3n) is 3.07. The van der Waals surface area contributed by atoms with Crippen LogP contribution < -0.4 is 5.32 Å². The van der Waals surface area contributed by atoms with Crippen molar-refractivity contribution in [3.8, 4) is 0 Å². The number of carbonyl (C=O) groups is 1. The van der Waals surface area contributed by atoms with Gasteiger partial charge in [0.25, 0.3) is 0 Å². The number of rotatable bonds is 5. The van der Waals surface area contributed by atoms with Gasteiger partial charge in [0.1, 0.15) is 5.67 Å². The Balaban J connectivity index is 2.36. The topological polar surface area (TPSA) is 32.3 Å². The minimum absolute atomic E-state index is 0.483. The highest BCUT2D eigenvalue weighted by molar-refractivity contribution is 5.46. The molecule has 0 aromatic heterocycles. The van der Waals surface area contributed by atoms with Crippen LogP contribution in [0.2, 0.25) is 0 Å². The summed E-state index contributed by atoms with van der Waals surface area (Å²) >= 11 is 0. The molecule has 15 heavy (non-hydrogen) atoms. The van der Waals surface area contributed by atoms with Crippen LogP contribution in [0.15, 0.2) is 0 Å². The molecule has 88 valence electrons. The lowest BCUT2D eigenvalue weighted by molar-refractivity contribution is -0.118. The lowest BCUT2D eigenvalue weighted by Crippen LogP contribution is -2.30. The van der Waals surface area contributed by atoms with Gasteiger partial charge >= 0.3 is 0 Å². The van der Waals surface area contributed by atoms with Crippen molar-refractivity contribution >= 4 is 6.41 Å². The minimum atomic E-state index is -1.07.